The molecule has 0 aromatic carbocycles. The predicted molar refractivity (Wildman–Crippen MR) is 46.7 cm³/mol. The number of nitrogens with two attached hydrogens (primary N) is 1. The van der Waals surface area contributed by atoms with Crippen molar-refractivity contribution in [1.29, 1.82) is 0 Å². The fourth-order valence-corrected chi connectivity index (χ4v) is 2.43. The number of carbonyl (C=O) groups is 1. The standard InChI is InChI=1S/C9H17NO2/c1-6-3-7(2)9(6,5-10)4-8(11)12/h6-7H,3-5,10H2,1-2H3,(H,11,12)/t6-,7+,9-. The van der Waals surface area contributed by atoms with Crippen LogP contribution in [-0.2, 0) is 4.79 Å². The zero-order chi connectivity index (χ0) is 9.35. The zero-order valence-electron chi connectivity index (χ0n) is 7.71. The molecule has 0 bridgehead atoms. The molecule has 3 N–H and O–H groups in total. The monoisotopic (exact) mass is 171 g/mol. The van der Waals surface area contributed by atoms with Gasteiger partial charge in [0.15, 0.2) is 0 Å². The number of carboxylic acid groups (broad SMARTS) is 1. The Bertz CT molecular complexity index is 183. The second-order valence-corrected chi connectivity index (χ2v) is 4.05. The van der Waals surface area contributed by atoms with Crippen LogP contribution in [0.2, 0.25) is 0 Å². The lowest BCUT2D eigenvalue weighted by atomic mass is 9.52. The molecule has 0 unspecified atom stereocenters. The van der Waals surface area contributed by atoms with Gasteiger partial charge in [-0.25, -0.2) is 0 Å². The second kappa shape index (κ2) is 3.05. The summed E-state index contributed by atoms with van der Waals surface area (Å²) in [6.45, 7) is 4.69. The number of aliphatic carboxylic acids is 1. The van der Waals surface area contributed by atoms with Gasteiger partial charge in [-0.3, -0.25) is 4.79 Å². The van der Waals surface area contributed by atoms with E-state index in [1.54, 1.807) is 0 Å². The highest BCUT2D eigenvalue weighted by Crippen LogP contribution is 2.52. The molecular weight excluding hydrogens is 154 g/mol. The highest BCUT2D eigenvalue weighted by atomic mass is 16.4. The van der Waals surface area contributed by atoms with Crippen molar-refractivity contribution in [2.75, 3.05) is 6.54 Å². The topological polar surface area (TPSA) is 63.3 Å². The number of hydrogen-bond donors (Lipinski definition) is 2. The van der Waals surface area contributed by atoms with E-state index in [-0.39, 0.29) is 11.8 Å². The van der Waals surface area contributed by atoms with Gasteiger partial charge in [-0.15, -0.1) is 0 Å². The van der Waals surface area contributed by atoms with E-state index in [2.05, 4.69) is 13.8 Å². The Labute approximate surface area is 72.9 Å². The normalized spacial score (nSPS) is 40.6. The zero-order valence-corrected chi connectivity index (χ0v) is 7.71. The van der Waals surface area contributed by atoms with Crippen LogP contribution >= 0.6 is 0 Å². The first-order chi connectivity index (χ1) is 5.53. The molecule has 3 atom stereocenters. The van der Waals surface area contributed by atoms with Crippen LogP contribution in [0.1, 0.15) is 26.7 Å². The van der Waals surface area contributed by atoms with Crippen molar-refractivity contribution in [3.63, 3.8) is 0 Å². The minimum atomic E-state index is -0.723. The molecule has 0 amide bonds. The van der Waals surface area contributed by atoms with E-state index in [4.69, 9.17) is 10.8 Å². The van der Waals surface area contributed by atoms with Crippen molar-refractivity contribution in [1.82, 2.24) is 0 Å². The summed E-state index contributed by atoms with van der Waals surface area (Å²) in [4.78, 5) is 10.6. The van der Waals surface area contributed by atoms with Gasteiger partial charge in [0, 0.05) is 0 Å². The Kier molecular flexibility index (Phi) is 2.42. The Hall–Kier alpha value is -0.570. The van der Waals surface area contributed by atoms with Crippen molar-refractivity contribution >= 4 is 5.97 Å². The number of rotatable bonds is 3. The first-order valence-corrected chi connectivity index (χ1v) is 4.45. The van der Waals surface area contributed by atoms with E-state index >= 15 is 0 Å². The molecule has 3 nitrogen and oxygen atoms in total. The summed E-state index contributed by atoms with van der Waals surface area (Å²) in [5.74, 6) is 0.209. The molecule has 1 saturated carbocycles. The van der Waals surface area contributed by atoms with Gasteiger partial charge in [0.2, 0.25) is 0 Å². The lowest BCUT2D eigenvalue weighted by molar-refractivity contribution is -0.146. The van der Waals surface area contributed by atoms with Gasteiger partial charge < -0.3 is 10.8 Å². The minimum absolute atomic E-state index is 0.119. The summed E-state index contributed by atoms with van der Waals surface area (Å²) >= 11 is 0. The predicted octanol–water partition coefficient (Wildman–Crippen LogP) is 1.08. The lowest BCUT2D eigenvalue weighted by Crippen LogP contribution is -2.52. The molecule has 1 aliphatic rings. The van der Waals surface area contributed by atoms with E-state index in [9.17, 15) is 4.79 Å². The molecule has 0 aromatic heterocycles. The number of hydrogen-bond acceptors (Lipinski definition) is 2. The van der Waals surface area contributed by atoms with E-state index in [0.717, 1.165) is 6.42 Å². The van der Waals surface area contributed by atoms with Gasteiger partial charge in [0.1, 0.15) is 0 Å². The molecule has 12 heavy (non-hydrogen) atoms. The fraction of sp³-hybridized carbons (Fsp3) is 0.889. The average molecular weight is 171 g/mol. The Morgan fingerprint density at radius 2 is 2.08 bits per heavy atom. The quantitative estimate of drug-likeness (QED) is 0.668. The van der Waals surface area contributed by atoms with Gasteiger partial charge in [-0.1, -0.05) is 13.8 Å². The van der Waals surface area contributed by atoms with E-state index < -0.39 is 5.97 Å². The van der Waals surface area contributed by atoms with Crippen LogP contribution in [0, 0.1) is 17.3 Å². The largest absolute Gasteiger partial charge is 0.481 e. The highest BCUT2D eigenvalue weighted by Gasteiger charge is 2.50. The molecule has 0 saturated heterocycles. The van der Waals surface area contributed by atoms with Crippen LogP contribution in [-0.4, -0.2) is 17.6 Å². The first kappa shape index (κ1) is 9.52. The fourth-order valence-electron chi connectivity index (χ4n) is 2.43. The molecule has 1 rings (SSSR count). The summed E-state index contributed by atoms with van der Waals surface area (Å²) in [6.07, 6.45) is 1.34. The molecule has 0 aliphatic heterocycles. The van der Waals surface area contributed by atoms with Gasteiger partial charge >= 0.3 is 5.97 Å². The van der Waals surface area contributed by atoms with Crippen LogP contribution in [0.25, 0.3) is 0 Å². The summed E-state index contributed by atoms with van der Waals surface area (Å²) in [5.41, 5.74) is 5.52. The average Bonchev–Trinajstić information content (AvgIpc) is 2.00. The van der Waals surface area contributed by atoms with Crippen LogP contribution in [0.5, 0.6) is 0 Å². The maximum Gasteiger partial charge on any atom is 0.303 e. The van der Waals surface area contributed by atoms with Gasteiger partial charge in [0.25, 0.3) is 0 Å². The van der Waals surface area contributed by atoms with Crippen molar-refractivity contribution in [2.45, 2.75) is 26.7 Å². The molecule has 1 aliphatic carbocycles. The van der Waals surface area contributed by atoms with Crippen LogP contribution in [0.3, 0.4) is 0 Å². The van der Waals surface area contributed by atoms with E-state index in [1.807, 2.05) is 0 Å². The van der Waals surface area contributed by atoms with Crippen molar-refractivity contribution in [3.8, 4) is 0 Å². The maximum atomic E-state index is 10.6. The van der Waals surface area contributed by atoms with Gasteiger partial charge in [-0.05, 0) is 30.2 Å². The van der Waals surface area contributed by atoms with Crippen LogP contribution in [0.15, 0.2) is 0 Å². The third-order valence-corrected chi connectivity index (χ3v) is 3.53. The third kappa shape index (κ3) is 1.22. The molecule has 3 heteroatoms. The van der Waals surface area contributed by atoms with Crippen molar-refractivity contribution < 1.29 is 9.90 Å². The first-order valence-electron chi connectivity index (χ1n) is 4.45. The number of carboxylic acids is 1. The Morgan fingerprint density at radius 3 is 2.25 bits per heavy atom. The van der Waals surface area contributed by atoms with Gasteiger partial charge in [0.05, 0.1) is 6.42 Å². The summed E-state index contributed by atoms with van der Waals surface area (Å²) < 4.78 is 0. The Balaban J connectivity index is 2.68. The van der Waals surface area contributed by atoms with Crippen LogP contribution < -0.4 is 5.73 Å². The molecule has 0 spiro atoms. The highest BCUT2D eigenvalue weighted by molar-refractivity contribution is 5.68. The second-order valence-electron chi connectivity index (χ2n) is 4.05. The van der Waals surface area contributed by atoms with E-state index in [0.29, 0.717) is 18.4 Å². The molecule has 0 radical (unpaired) electrons. The molecule has 1 fully saturated rings. The van der Waals surface area contributed by atoms with Crippen LogP contribution in [0.4, 0.5) is 0 Å². The lowest BCUT2D eigenvalue weighted by Gasteiger charge is -2.52. The molecular formula is C9H17NO2. The van der Waals surface area contributed by atoms with E-state index in [1.165, 1.54) is 0 Å². The third-order valence-electron chi connectivity index (χ3n) is 3.53. The smallest absolute Gasteiger partial charge is 0.303 e. The molecule has 0 aromatic rings. The summed E-state index contributed by atoms with van der Waals surface area (Å²) in [7, 11) is 0. The molecule has 0 heterocycles. The summed E-state index contributed by atoms with van der Waals surface area (Å²) in [6, 6.07) is 0. The van der Waals surface area contributed by atoms with Crippen molar-refractivity contribution in [2.24, 2.45) is 23.0 Å². The van der Waals surface area contributed by atoms with Crippen molar-refractivity contribution in [3.05, 3.63) is 0 Å². The molecule has 70 valence electrons. The SMILES string of the molecule is C[C@@H]1C[C@H](C)[C@@]1(CN)CC(=O)O. The Morgan fingerprint density at radius 1 is 1.58 bits per heavy atom. The maximum absolute atomic E-state index is 10.6. The minimum Gasteiger partial charge on any atom is -0.481 e. The van der Waals surface area contributed by atoms with Gasteiger partial charge in [-0.2, -0.15) is 0 Å². The summed E-state index contributed by atoms with van der Waals surface area (Å²) in [5, 5.41) is 8.73.